The number of para-hydroxylation sites is 1. The van der Waals surface area contributed by atoms with Gasteiger partial charge in [0.2, 0.25) is 0 Å². The third-order valence-electron chi connectivity index (χ3n) is 11.2. The molecule has 0 spiro atoms. The zero-order chi connectivity index (χ0) is 36.2. The largest absolute Gasteiger partial charge is 0.457 e. The smallest absolute Gasteiger partial charge is 0.137 e. The van der Waals surface area contributed by atoms with Crippen molar-refractivity contribution >= 4 is 21.8 Å². The molecule has 0 saturated carbocycles. The number of benzene rings is 3. The Morgan fingerprint density at radius 3 is 2.37 bits per heavy atom. The quantitative estimate of drug-likeness (QED) is 0.151. The van der Waals surface area contributed by atoms with Gasteiger partial charge in [-0.05, 0) is 103 Å². The number of allylic oxidation sites excluding steroid dienone is 2. The first-order valence-corrected chi connectivity index (χ1v) is 19.0. The minimum atomic E-state index is 0.0117. The third-order valence-corrected chi connectivity index (χ3v) is 11.2. The van der Waals surface area contributed by atoms with Gasteiger partial charge in [-0.3, -0.25) is 4.57 Å². The highest BCUT2D eigenvalue weighted by molar-refractivity contribution is 6.09. The Bertz CT molecular complexity index is 2260. The van der Waals surface area contributed by atoms with E-state index in [-0.39, 0.29) is 5.41 Å². The zero-order valence-electron chi connectivity index (χ0n) is 32.2. The summed E-state index contributed by atoms with van der Waals surface area (Å²) in [4.78, 5) is 4.87. The summed E-state index contributed by atoms with van der Waals surface area (Å²) >= 11 is 0. The summed E-state index contributed by atoms with van der Waals surface area (Å²) in [7, 11) is 0. The van der Waals surface area contributed by atoms with Crippen LogP contribution in [0.2, 0.25) is 0 Å². The topological polar surface area (TPSA) is 44.9 Å². The van der Waals surface area contributed by atoms with Crippen LogP contribution in [0.3, 0.4) is 0 Å². The van der Waals surface area contributed by atoms with E-state index in [1.165, 1.54) is 46.0 Å². The molecule has 7 rings (SSSR count). The lowest BCUT2D eigenvalue weighted by atomic mass is 9.69. The summed E-state index contributed by atoms with van der Waals surface area (Å²) in [5, 5.41) is 7.59. The molecule has 1 unspecified atom stereocenters. The van der Waals surface area contributed by atoms with Gasteiger partial charge in [-0.15, -0.1) is 0 Å². The van der Waals surface area contributed by atoms with Crippen molar-refractivity contribution in [2.45, 2.75) is 106 Å². The first-order chi connectivity index (χ1) is 24.4. The number of aryl methyl sites for hydroxylation is 1. The summed E-state index contributed by atoms with van der Waals surface area (Å²) in [6, 6.07) is 26.0. The lowest BCUT2D eigenvalue weighted by Crippen LogP contribution is -2.23. The fraction of sp³-hybridized carbons (Fsp3) is 0.391. The Hall–Kier alpha value is -4.64. The lowest BCUT2D eigenvalue weighted by Gasteiger charge is -2.35. The van der Waals surface area contributed by atoms with E-state index in [1.807, 2.05) is 6.20 Å². The summed E-state index contributed by atoms with van der Waals surface area (Å²) < 4.78 is 11.2. The van der Waals surface area contributed by atoms with E-state index in [1.54, 1.807) is 5.57 Å². The maximum Gasteiger partial charge on any atom is 0.137 e. The van der Waals surface area contributed by atoms with Crippen LogP contribution in [0.1, 0.15) is 115 Å². The number of hydrogen-bond donors (Lipinski definition) is 0. The van der Waals surface area contributed by atoms with Crippen LogP contribution < -0.4 is 4.74 Å². The monoisotopic (exact) mass is 678 g/mol. The van der Waals surface area contributed by atoms with Crippen molar-refractivity contribution in [3.05, 3.63) is 119 Å². The molecule has 5 nitrogen and oxygen atoms in total. The zero-order valence-corrected chi connectivity index (χ0v) is 32.2. The molecule has 1 aliphatic rings. The molecule has 3 aromatic carbocycles. The summed E-state index contributed by atoms with van der Waals surface area (Å²) in [5.74, 6) is 4.53. The normalized spacial score (nSPS) is 18.2. The molecule has 264 valence electrons. The van der Waals surface area contributed by atoms with Crippen molar-refractivity contribution in [2.24, 2.45) is 11.8 Å². The van der Waals surface area contributed by atoms with Gasteiger partial charge in [0.05, 0.1) is 22.4 Å². The Kier molecular flexibility index (Phi) is 9.20. The molecule has 0 fully saturated rings. The fourth-order valence-corrected chi connectivity index (χ4v) is 8.50. The third kappa shape index (κ3) is 6.41. The van der Waals surface area contributed by atoms with E-state index in [2.05, 4.69) is 157 Å². The van der Waals surface area contributed by atoms with Gasteiger partial charge >= 0.3 is 0 Å². The molecule has 3 aromatic heterocycles. The molecule has 3 heterocycles. The molecule has 51 heavy (non-hydrogen) atoms. The van der Waals surface area contributed by atoms with Crippen LogP contribution in [0, 0.1) is 25.7 Å². The van der Waals surface area contributed by atoms with Gasteiger partial charge in [-0.2, -0.15) is 5.10 Å². The summed E-state index contributed by atoms with van der Waals surface area (Å²) in [6.45, 7) is 22.7. The van der Waals surface area contributed by atoms with Crippen LogP contribution in [-0.2, 0) is 5.41 Å². The van der Waals surface area contributed by atoms with E-state index < -0.39 is 0 Å². The van der Waals surface area contributed by atoms with Crippen LogP contribution in [-0.4, -0.2) is 19.3 Å². The minimum absolute atomic E-state index is 0.0117. The number of rotatable bonds is 8. The summed E-state index contributed by atoms with van der Waals surface area (Å²) in [6.07, 6.45) is 7.95. The molecule has 0 bridgehead atoms. The number of fused-ring (bicyclic) bond motifs is 3. The first kappa shape index (κ1) is 34.8. The van der Waals surface area contributed by atoms with Crippen LogP contribution in [0.25, 0.3) is 33.3 Å². The Labute approximate surface area is 304 Å². The number of hydrogen-bond acceptors (Lipinski definition) is 3. The molecule has 0 radical (unpaired) electrons. The fourth-order valence-electron chi connectivity index (χ4n) is 8.50. The predicted octanol–water partition coefficient (Wildman–Crippen LogP) is 12.7. The maximum absolute atomic E-state index is 6.79. The van der Waals surface area contributed by atoms with E-state index in [9.17, 15) is 0 Å². The van der Waals surface area contributed by atoms with Gasteiger partial charge in [-0.25, -0.2) is 9.67 Å². The second-order valence-corrected chi connectivity index (χ2v) is 16.2. The first-order valence-electron chi connectivity index (χ1n) is 19.0. The number of ether oxygens (including phenoxy) is 1. The maximum atomic E-state index is 6.79. The van der Waals surface area contributed by atoms with Gasteiger partial charge in [-0.1, -0.05) is 91.7 Å². The predicted molar refractivity (Wildman–Crippen MR) is 213 cm³/mol. The van der Waals surface area contributed by atoms with Gasteiger partial charge in [0.1, 0.15) is 17.3 Å². The van der Waals surface area contributed by atoms with Crippen LogP contribution in [0.5, 0.6) is 11.5 Å². The van der Waals surface area contributed by atoms with E-state index in [4.69, 9.17) is 14.8 Å². The molecule has 3 atom stereocenters. The lowest BCUT2D eigenvalue weighted by molar-refractivity contribution is 0.347. The highest BCUT2D eigenvalue weighted by atomic mass is 16.5. The number of aromatic nitrogens is 4. The SMILES string of the molecule is CCC1=C[C@H](C)CC(CC)[C@H]1c1c(C)nn(-c2cc(Oc3ccc4c5ccccc5n(-c5cc(C(C)(C)C)ccn5)c4c3)cc(C(C)C)c2)c1C. The second-order valence-electron chi connectivity index (χ2n) is 16.2. The molecule has 6 aromatic rings. The van der Waals surface area contributed by atoms with Gasteiger partial charge in [0, 0.05) is 46.3 Å². The van der Waals surface area contributed by atoms with Crippen molar-refractivity contribution in [3.63, 3.8) is 0 Å². The van der Waals surface area contributed by atoms with Crippen LogP contribution in [0.4, 0.5) is 0 Å². The van der Waals surface area contributed by atoms with E-state index in [0.717, 1.165) is 46.2 Å². The van der Waals surface area contributed by atoms with E-state index in [0.29, 0.717) is 23.7 Å². The molecular formula is C46H54N4O. The number of nitrogens with zero attached hydrogens (tertiary/aromatic N) is 4. The van der Waals surface area contributed by atoms with Gasteiger partial charge < -0.3 is 4.74 Å². The van der Waals surface area contributed by atoms with Crippen molar-refractivity contribution in [3.8, 4) is 23.0 Å². The molecule has 0 N–H and O–H groups in total. The van der Waals surface area contributed by atoms with Crippen molar-refractivity contribution in [1.82, 2.24) is 19.3 Å². The molecule has 1 aliphatic carbocycles. The molecule has 0 amide bonds. The van der Waals surface area contributed by atoms with Crippen molar-refractivity contribution < 1.29 is 4.74 Å². The average Bonchev–Trinajstić information content (AvgIpc) is 3.59. The average molecular weight is 679 g/mol. The number of pyridine rings is 1. The van der Waals surface area contributed by atoms with Crippen molar-refractivity contribution in [1.29, 1.82) is 0 Å². The van der Waals surface area contributed by atoms with Crippen LogP contribution in [0.15, 0.2) is 90.6 Å². The van der Waals surface area contributed by atoms with E-state index >= 15 is 0 Å². The molecule has 0 saturated heterocycles. The van der Waals surface area contributed by atoms with Crippen LogP contribution >= 0.6 is 0 Å². The minimum Gasteiger partial charge on any atom is -0.457 e. The Balaban J connectivity index is 1.32. The Morgan fingerprint density at radius 1 is 0.882 bits per heavy atom. The highest BCUT2D eigenvalue weighted by Gasteiger charge is 2.34. The second kappa shape index (κ2) is 13.5. The van der Waals surface area contributed by atoms with Gasteiger partial charge in [0.25, 0.3) is 0 Å². The molecule has 5 heteroatoms. The van der Waals surface area contributed by atoms with Crippen molar-refractivity contribution in [2.75, 3.05) is 0 Å². The van der Waals surface area contributed by atoms with Gasteiger partial charge in [0.15, 0.2) is 0 Å². The summed E-state index contributed by atoms with van der Waals surface area (Å²) in [5.41, 5.74) is 11.1. The standard InChI is InChI=1S/C46H54N4O/c1-11-32-21-29(5)22-33(12-2)45(32)44-30(6)48-50(31(44)7)36-23-34(28(3)4)24-38(26-36)51-37-17-18-40-39-15-13-14-16-41(39)49(42(40)27-37)43-25-35(19-20-47-43)46(8,9)10/h13-21,23-29,33,45H,11-12,22H2,1-10H3/t29-,33?,45-/m0/s1. The molecule has 0 aliphatic heterocycles. The Morgan fingerprint density at radius 2 is 1.65 bits per heavy atom. The molecular weight excluding hydrogens is 625 g/mol. The highest BCUT2D eigenvalue weighted by Crippen LogP contribution is 2.46.